The summed E-state index contributed by atoms with van der Waals surface area (Å²) in [6.07, 6.45) is 10.8. The van der Waals surface area contributed by atoms with Crippen molar-refractivity contribution < 1.29 is 14.7 Å². The fraction of sp³-hybridized carbons (Fsp3) is 1.00. The summed E-state index contributed by atoms with van der Waals surface area (Å²) in [5, 5.41) is 9.58. The molecule has 0 radical (unpaired) electrons. The lowest BCUT2D eigenvalue weighted by Crippen LogP contribution is -2.29. The van der Waals surface area contributed by atoms with Crippen LogP contribution in [0.15, 0.2) is 0 Å². The predicted molar refractivity (Wildman–Crippen MR) is 88.0 cm³/mol. The van der Waals surface area contributed by atoms with E-state index >= 15 is 0 Å². The van der Waals surface area contributed by atoms with Gasteiger partial charge in [-0.15, -0.1) is 0 Å². The number of ether oxygens (including phenoxy) is 1. The van der Waals surface area contributed by atoms with Gasteiger partial charge in [0.15, 0.2) is 0 Å². The lowest BCUT2D eigenvalue weighted by Gasteiger charge is -2.30. The van der Waals surface area contributed by atoms with Crippen LogP contribution in [0.1, 0.15) is 78.6 Å². The van der Waals surface area contributed by atoms with E-state index < -0.39 is 6.10 Å². The topological polar surface area (TPSA) is 64.7 Å². The first kappa shape index (κ1) is 20.8. The fourth-order valence-electron chi connectivity index (χ4n) is 2.65. The monoisotopic (exact) mass is 303 g/mol. The zero-order valence-electron chi connectivity index (χ0n) is 14.4. The molecule has 0 aliphatic carbocycles. The normalized spacial score (nSPS) is 15.9. The third-order valence-corrected chi connectivity index (χ3v) is 4.07. The Labute approximate surface area is 131 Å². The van der Waals surface area contributed by atoms with E-state index in [2.05, 4.69) is 25.6 Å². The van der Waals surface area contributed by atoms with Gasteiger partial charge in [0.25, 0.3) is 0 Å². The standard InChI is InChI=1S/C17H37NO3/c1-4-6-8-10-12-17(3,11-9-7-5-2)15-20-13-16(19)14-21-18/h16,19H,4-15,18H2,1-3H3. The van der Waals surface area contributed by atoms with Gasteiger partial charge in [-0.1, -0.05) is 65.7 Å². The minimum Gasteiger partial charge on any atom is -0.388 e. The maximum atomic E-state index is 9.58. The minimum absolute atomic E-state index is 0.128. The van der Waals surface area contributed by atoms with E-state index in [1.807, 2.05) is 0 Å². The van der Waals surface area contributed by atoms with Crippen LogP contribution < -0.4 is 5.90 Å². The van der Waals surface area contributed by atoms with E-state index in [9.17, 15) is 5.11 Å². The molecule has 0 aromatic carbocycles. The van der Waals surface area contributed by atoms with E-state index in [4.69, 9.17) is 10.6 Å². The Morgan fingerprint density at radius 3 is 2.10 bits per heavy atom. The van der Waals surface area contributed by atoms with E-state index in [0.29, 0.717) is 13.2 Å². The average molecular weight is 303 g/mol. The van der Waals surface area contributed by atoms with Gasteiger partial charge in [0.1, 0.15) is 6.10 Å². The molecule has 0 rings (SSSR count). The summed E-state index contributed by atoms with van der Waals surface area (Å²) in [5.41, 5.74) is 0.228. The third-order valence-electron chi connectivity index (χ3n) is 4.07. The Balaban J connectivity index is 4.09. The zero-order valence-corrected chi connectivity index (χ0v) is 14.4. The number of aliphatic hydroxyl groups excluding tert-OH is 1. The first-order chi connectivity index (χ1) is 10.1. The summed E-state index contributed by atoms with van der Waals surface area (Å²) >= 11 is 0. The van der Waals surface area contributed by atoms with Crippen molar-refractivity contribution in [3.05, 3.63) is 0 Å². The Hall–Kier alpha value is -0.160. The molecule has 0 spiro atoms. The van der Waals surface area contributed by atoms with Crippen molar-refractivity contribution in [2.75, 3.05) is 19.8 Å². The van der Waals surface area contributed by atoms with Crippen LogP contribution in [0.25, 0.3) is 0 Å². The summed E-state index contributed by atoms with van der Waals surface area (Å²) < 4.78 is 5.72. The second-order valence-corrected chi connectivity index (χ2v) is 6.58. The highest BCUT2D eigenvalue weighted by Crippen LogP contribution is 2.31. The van der Waals surface area contributed by atoms with Crippen molar-refractivity contribution in [2.24, 2.45) is 11.3 Å². The average Bonchev–Trinajstić information content (AvgIpc) is 2.44. The molecule has 21 heavy (non-hydrogen) atoms. The van der Waals surface area contributed by atoms with E-state index in [1.54, 1.807) is 0 Å². The van der Waals surface area contributed by atoms with Crippen molar-refractivity contribution in [3.8, 4) is 0 Å². The van der Waals surface area contributed by atoms with E-state index in [-0.39, 0.29) is 12.0 Å². The van der Waals surface area contributed by atoms with Crippen molar-refractivity contribution in [1.82, 2.24) is 0 Å². The predicted octanol–water partition coefficient (Wildman–Crippen LogP) is 3.81. The van der Waals surface area contributed by atoms with Gasteiger partial charge in [0.05, 0.1) is 19.8 Å². The molecule has 0 saturated heterocycles. The molecule has 0 aromatic heterocycles. The molecular formula is C17H37NO3. The largest absolute Gasteiger partial charge is 0.388 e. The first-order valence-corrected chi connectivity index (χ1v) is 8.65. The first-order valence-electron chi connectivity index (χ1n) is 8.65. The Morgan fingerprint density at radius 2 is 1.52 bits per heavy atom. The molecule has 0 saturated carbocycles. The maximum absolute atomic E-state index is 9.58. The highest BCUT2D eigenvalue weighted by Gasteiger charge is 2.24. The minimum atomic E-state index is -0.630. The van der Waals surface area contributed by atoms with Gasteiger partial charge >= 0.3 is 0 Å². The molecule has 0 heterocycles. The number of hydrogen-bond acceptors (Lipinski definition) is 4. The maximum Gasteiger partial charge on any atom is 0.103 e. The fourth-order valence-corrected chi connectivity index (χ4v) is 2.65. The number of unbranched alkanes of at least 4 members (excludes halogenated alkanes) is 5. The van der Waals surface area contributed by atoms with Gasteiger partial charge in [-0.25, -0.2) is 5.90 Å². The van der Waals surface area contributed by atoms with Gasteiger partial charge in [0.2, 0.25) is 0 Å². The summed E-state index contributed by atoms with van der Waals surface area (Å²) in [6, 6.07) is 0. The molecule has 0 aromatic rings. The molecule has 128 valence electrons. The smallest absolute Gasteiger partial charge is 0.103 e. The molecule has 0 fully saturated rings. The molecule has 2 atom stereocenters. The van der Waals surface area contributed by atoms with Crippen molar-refractivity contribution in [3.63, 3.8) is 0 Å². The van der Waals surface area contributed by atoms with Crippen LogP contribution in [0.4, 0.5) is 0 Å². The van der Waals surface area contributed by atoms with E-state index in [0.717, 1.165) is 0 Å². The Bertz CT molecular complexity index is 226. The number of hydrogen-bond donors (Lipinski definition) is 2. The van der Waals surface area contributed by atoms with Crippen LogP contribution >= 0.6 is 0 Å². The highest BCUT2D eigenvalue weighted by atomic mass is 16.6. The quantitative estimate of drug-likeness (QED) is 0.357. The van der Waals surface area contributed by atoms with Gasteiger partial charge in [-0.3, -0.25) is 0 Å². The highest BCUT2D eigenvalue weighted by molar-refractivity contribution is 4.74. The van der Waals surface area contributed by atoms with Gasteiger partial charge in [-0.05, 0) is 18.3 Å². The van der Waals surface area contributed by atoms with Crippen molar-refractivity contribution in [1.29, 1.82) is 0 Å². The van der Waals surface area contributed by atoms with E-state index in [1.165, 1.54) is 57.8 Å². The van der Waals surface area contributed by atoms with Crippen LogP contribution in [0, 0.1) is 5.41 Å². The summed E-state index contributed by atoms with van der Waals surface area (Å²) in [4.78, 5) is 4.43. The second-order valence-electron chi connectivity index (χ2n) is 6.58. The SMILES string of the molecule is CCCCCCC(C)(CCCCC)COCC(O)CON. The molecule has 0 amide bonds. The lowest BCUT2D eigenvalue weighted by molar-refractivity contribution is -0.0422. The Morgan fingerprint density at radius 1 is 0.952 bits per heavy atom. The molecule has 0 aliphatic rings. The zero-order chi connectivity index (χ0) is 16.0. The van der Waals surface area contributed by atoms with Crippen LogP contribution in [0.2, 0.25) is 0 Å². The van der Waals surface area contributed by atoms with Gasteiger partial charge < -0.3 is 14.7 Å². The molecule has 2 unspecified atom stereocenters. The van der Waals surface area contributed by atoms with Crippen LogP contribution in [-0.4, -0.2) is 31.0 Å². The lowest BCUT2D eigenvalue weighted by atomic mass is 9.80. The summed E-state index contributed by atoms with van der Waals surface area (Å²) in [6.45, 7) is 7.94. The van der Waals surface area contributed by atoms with Crippen LogP contribution in [0.5, 0.6) is 0 Å². The summed E-state index contributed by atoms with van der Waals surface area (Å²) in [7, 11) is 0. The van der Waals surface area contributed by atoms with Crippen molar-refractivity contribution >= 4 is 0 Å². The third kappa shape index (κ3) is 12.1. The van der Waals surface area contributed by atoms with Crippen LogP contribution in [0.3, 0.4) is 0 Å². The van der Waals surface area contributed by atoms with Gasteiger partial charge in [0, 0.05) is 0 Å². The van der Waals surface area contributed by atoms with Crippen LogP contribution in [-0.2, 0) is 9.57 Å². The molecule has 3 N–H and O–H groups in total. The number of aliphatic hydroxyl groups is 1. The molecule has 4 heteroatoms. The molecule has 0 aliphatic heterocycles. The number of rotatable bonds is 15. The summed E-state index contributed by atoms with van der Waals surface area (Å²) in [5.74, 6) is 4.95. The molecule has 4 nitrogen and oxygen atoms in total. The Kier molecular flexibility index (Phi) is 13.4. The van der Waals surface area contributed by atoms with Gasteiger partial charge in [-0.2, -0.15) is 0 Å². The molecular weight excluding hydrogens is 266 g/mol. The number of nitrogens with two attached hydrogens (primary N) is 1. The van der Waals surface area contributed by atoms with Crippen molar-refractivity contribution in [2.45, 2.75) is 84.7 Å². The molecule has 0 bridgehead atoms. The second kappa shape index (κ2) is 13.5.